The van der Waals surface area contributed by atoms with Crippen LogP contribution >= 0.6 is 0 Å². The number of carbonyl (C=O) groups excluding carboxylic acids is 1. The van der Waals surface area contributed by atoms with Crippen LogP contribution in [0.5, 0.6) is 0 Å². The predicted molar refractivity (Wildman–Crippen MR) is 120 cm³/mol. The smallest absolute Gasteiger partial charge is 0.251 e. The number of halogens is 4. The number of rotatable bonds is 7. The standard InChI is InChI=1S/C25H21F4N3O3/c1-2-32-22-11-14(23(34)30-9-10-33)3-8-21(22)31-24(32)25(35,17-6-4-15(26)12-19(17)28)18-7-5-16(27)13-20(18)29/h3-8,11-13,33,35H,2,9-10H2,1H3,(H,30,34). The van der Waals surface area contributed by atoms with Crippen LogP contribution in [0.25, 0.3) is 11.0 Å². The van der Waals surface area contributed by atoms with E-state index in [1.54, 1.807) is 6.92 Å². The number of hydrogen-bond acceptors (Lipinski definition) is 4. The lowest BCUT2D eigenvalue weighted by atomic mass is 9.84. The van der Waals surface area contributed by atoms with Crippen molar-refractivity contribution in [2.75, 3.05) is 13.2 Å². The van der Waals surface area contributed by atoms with E-state index in [4.69, 9.17) is 5.11 Å². The van der Waals surface area contributed by atoms with E-state index in [0.717, 1.165) is 24.3 Å². The second-order valence-corrected chi connectivity index (χ2v) is 7.82. The topological polar surface area (TPSA) is 87.4 Å². The number of hydrogen-bond donors (Lipinski definition) is 3. The van der Waals surface area contributed by atoms with Crippen molar-refractivity contribution in [3.05, 3.63) is 100 Å². The Hall–Kier alpha value is -3.76. The molecule has 0 unspecified atom stereocenters. The van der Waals surface area contributed by atoms with Crippen LogP contribution < -0.4 is 5.32 Å². The Labute approximate surface area is 197 Å². The number of amides is 1. The summed E-state index contributed by atoms with van der Waals surface area (Å²) in [5.74, 6) is -4.80. The van der Waals surface area contributed by atoms with Gasteiger partial charge in [-0.15, -0.1) is 0 Å². The molecule has 3 aromatic carbocycles. The lowest BCUT2D eigenvalue weighted by Crippen LogP contribution is -2.35. The average Bonchev–Trinajstić information content (AvgIpc) is 3.20. The van der Waals surface area contributed by atoms with Crippen LogP contribution in [0.2, 0.25) is 0 Å². The zero-order valence-corrected chi connectivity index (χ0v) is 18.5. The molecule has 10 heteroatoms. The summed E-state index contributed by atoms with van der Waals surface area (Å²) in [6.07, 6.45) is 0. The molecule has 0 atom stereocenters. The van der Waals surface area contributed by atoms with E-state index in [2.05, 4.69) is 10.3 Å². The lowest BCUT2D eigenvalue weighted by molar-refractivity contribution is 0.0944. The molecule has 0 radical (unpaired) electrons. The molecule has 6 nitrogen and oxygen atoms in total. The van der Waals surface area contributed by atoms with E-state index in [1.165, 1.54) is 22.8 Å². The monoisotopic (exact) mass is 487 g/mol. The van der Waals surface area contributed by atoms with Gasteiger partial charge in [0.15, 0.2) is 11.4 Å². The molecule has 0 saturated carbocycles. The molecule has 1 aromatic heterocycles. The number of carbonyl (C=O) groups is 1. The second kappa shape index (κ2) is 9.47. The van der Waals surface area contributed by atoms with Gasteiger partial charge in [-0.05, 0) is 49.4 Å². The van der Waals surface area contributed by atoms with Crippen LogP contribution in [0.15, 0.2) is 54.6 Å². The van der Waals surface area contributed by atoms with Crippen LogP contribution in [0.3, 0.4) is 0 Å². The third-order valence-corrected chi connectivity index (χ3v) is 5.69. The molecule has 3 N–H and O–H groups in total. The number of nitrogens with one attached hydrogen (secondary N) is 1. The molecule has 0 aliphatic rings. The van der Waals surface area contributed by atoms with E-state index >= 15 is 8.78 Å². The maximum absolute atomic E-state index is 15.0. The molecular weight excluding hydrogens is 466 g/mol. The molecule has 0 saturated heterocycles. The average molecular weight is 487 g/mol. The van der Waals surface area contributed by atoms with Gasteiger partial charge in [-0.1, -0.05) is 0 Å². The molecule has 182 valence electrons. The lowest BCUT2D eigenvalue weighted by Gasteiger charge is -2.30. The van der Waals surface area contributed by atoms with Crippen molar-refractivity contribution in [2.24, 2.45) is 0 Å². The Morgan fingerprint density at radius 3 is 2.09 bits per heavy atom. The van der Waals surface area contributed by atoms with Crippen LogP contribution in [0.4, 0.5) is 17.6 Å². The first kappa shape index (κ1) is 24.4. The maximum atomic E-state index is 15.0. The van der Waals surface area contributed by atoms with Gasteiger partial charge in [0.2, 0.25) is 0 Å². The zero-order chi connectivity index (χ0) is 25.3. The van der Waals surface area contributed by atoms with Crippen LogP contribution in [0, 0.1) is 23.3 Å². The van der Waals surface area contributed by atoms with Crippen molar-refractivity contribution in [1.29, 1.82) is 0 Å². The molecule has 4 rings (SSSR count). The van der Waals surface area contributed by atoms with E-state index in [-0.39, 0.29) is 31.1 Å². The first-order valence-corrected chi connectivity index (χ1v) is 10.7. The first-order chi connectivity index (χ1) is 16.7. The van der Waals surface area contributed by atoms with Gasteiger partial charge in [-0.25, -0.2) is 22.5 Å². The van der Waals surface area contributed by atoms with Crippen molar-refractivity contribution in [2.45, 2.75) is 19.1 Å². The second-order valence-electron chi connectivity index (χ2n) is 7.82. The number of aromatic nitrogens is 2. The third kappa shape index (κ3) is 4.26. The highest BCUT2D eigenvalue weighted by Gasteiger charge is 2.43. The highest BCUT2D eigenvalue weighted by molar-refractivity contribution is 5.97. The molecule has 0 aliphatic heterocycles. The molecule has 0 aliphatic carbocycles. The van der Waals surface area contributed by atoms with Crippen molar-refractivity contribution < 1.29 is 32.6 Å². The molecule has 35 heavy (non-hydrogen) atoms. The fourth-order valence-electron chi connectivity index (χ4n) is 4.08. The van der Waals surface area contributed by atoms with E-state index in [1.807, 2.05) is 0 Å². The maximum Gasteiger partial charge on any atom is 0.251 e. The normalized spacial score (nSPS) is 11.7. The molecule has 0 spiro atoms. The van der Waals surface area contributed by atoms with E-state index in [0.29, 0.717) is 23.2 Å². The van der Waals surface area contributed by atoms with E-state index in [9.17, 15) is 18.7 Å². The van der Waals surface area contributed by atoms with E-state index < -0.39 is 45.9 Å². The van der Waals surface area contributed by atoms with Crippen LogP contribution in [-0.4, -0.2) is 38.8 Å². The highest BCUT2D eigenvalue weighted by atomic mass is 19.1. The minimum Gasteiger partial charge on any atom is -0.395 e. The first-order valence-electron chi connectivity index (χ1n) is 10.7. The molecular formula is C25H21F4N3O3. The van der Waals surface area contributed by atoms with Crippen molar-refractivity contribution in [1.82, 2.24) is 14.9 Å². The number of fused-ring (bicyclic) bond motifs is 1. The summed E-state index contributed by atoms with van der Waals surface area (Å²) in [6.45, 7) is 1.67. The number of aliphatic hydroxyl groups is 2. The summed E-state index contributed by atoms with van der Waals surface area (Å²) in [4.78, 5) is 16.8. The zero-order valence-electron chi connectivity index (χ0n) is 18.5. The number of nitrogens with zero attached hydrogens (tertiary/aromatic N) is 2. The minimum atomic E-state index is -2.58. The molecule has 0 bridgehead atoms. The van der Waals surface area contributed by atoms with Gasteiger partial charge in [-0.3, -0.25) is 4.79 Å². The third-order valence-electron chi connectivity index (χ3n) is 5.69. The van der Waals surface area contributed by atoms with Gasteiger partial charge in [0.25, 0.3) is 5.91 Å². The number of aryl methyl sites for hydroxylation is 1. The molecule has 1 heterocycles. The van der Waals surface area contributed by atoms with Crippen molar-refractivity contribution >= 4 is 16.9 Å². The summed E-state index contributed by atoms with van der Waals surface area (Å²) >= 11 is 0. The number of aliphatic hydroxyl groups excluding tert-OH is 1. The van der Waals surface area contributed by atoms with Gasteiger partial charge in [0, 0.05) is 41.9 Å². The summed E-state index contributed by atoms with van der Waals surface area (Å²) in [7, 11) is 0. The Balaban J connectivity index is 2.01. The summed E-state index contributed by atoms with van der Waals surface area (Å²) in [6, 6.07) is 9.32. The van der Waals surface area contributed by atoms with Gasteiger partial charge < -0.3 is 20.1 Å². The Morgan fingerprint density at radius 1 is 0.971 bits per heavy atom. The number of imidazole rings is 1. The molecule has 4 aromatic rings. The summed E-state index contributed by atoms with van der Waals surface area (Å²) in [5.41, 5.74) is -2.64. The molecule has 0 fully saturated rings. The van der Waals surface area contributed by atoms with Gasteiger partial charge >= 0.3 is 0 Å². The van der Waals surface area contributed by atoms with Crippen LogP contribution in [0.1, 0.15) is 34.2 Å². The summed E-state index contributed by atoms with van der Waals surface area (Å²) < 4.78 is 58.8. The number of benzene rings is 3. The Kier molecular flexibility index (Phi) is 6.60. The van der Waals surface area contributed by atoms with Crippen LogP contribution in [-0.2, 0) is 12.1 Å². The highest BCUT2D eigenvalue weighted by Crippen LogP contribution is 2.40. The fourth-order valence-corrected chi connectivity index (χ4v) is 4.08. The quantitative estimate of drug-likeness (QED) is 0.348. The molecule has 1 amide bonds. The van der Waals surface area contributed by atoms with Gasteiger partial charge in [0.1, 0.15) is 23.3 Å². The largest absolute Gasteiger partial charge is 0.395 e. The van der Waals surface area contributed by atoms with Gasteiger partial charge in [0.05, 0.1) is 17.6 Å². The summed E-state index contributed by atoms with van der Waals surface area (Å²) in [5, 5.41) is 23.4. The SMILES string of the molecule is CCn1c(C(O)(c2ccc(F)cc2F)c2ccc(F)cc2F)nc2ccc(C(=O)NCCO)cc21. The van der Waals surface area contributed by atoms with Crippen molar-refractivity contribution in [3.63, 3.8) is 0 Å². The Morgan fingerprint density at radius 2 is 1.57 bits per heavy atom. The van der Waals surface area contributed by atoms with Gasteiger partial charge in [-0.2, -0.15) is 0 Å². The predicted octanol–water partition coefficient (Wildman–Crippen LogP) is 3.62. The van der Waals surface area contributed by atoms with Crippen molar-refractivity contribution in [3.8, 4) is 0 Å². The Bertz CT molecular complexity index is 1370. The minimum absolute atomic E-state index is 0.0442. The fraction of sp³-hybridized carbons (Fsp3) is 0.200.